The van der Waals surface area contributed by atoms with Crippen molar-refractivity contribution in [2.75, 3.05) is 58.3 Å². The van der Waals surface area contributed by atoms with Gasteiger partial charge in [-0.2, -0.15) is 0 Å². The van der Waals surface area contributed by atoms with Crippen molar-refractivity contribution in [2.24, 2.45) is 5.92 Å². The van der Waals surface area contributed by atoms with Crippen LogP contribution < -0.4 is 5.32 Å². The number of nitrogens with zero attached hydrogens (tertiary/aromatic N) is 7. The van der Waals surface area contributed by atoms with Crippen LogP contribution in [-0.4, -0.2) is 105 Å². The Kier molecular flexibility index (Phi) is 6.85. The van der Waals surface area contributed by atoms with E-state index >= 15 is 0 Å². The number of alkyl halides is 2. The lowest BCUT2D eigenvalue weighted by Gasteiger charge is -2.41. The average molecular weight is 541 g/mol. The van der Waals surface area contributed by atoms with E-state index in [1.54, 1.807) is 47.2 Å². The van der Waals surface area contributed by atoms with E-state index in [2.05, 4.69) is 20.2 Å². The Bertz CT molecular complexity index is 1390. The van der Waals surface area contributed by atoms with Gasteiger partial charge in [0.1, 0.15) is 17.5 Å². The van der Waals surface area contributed by atoms with E-state index in [4.69, 9.17) is 9.72 Å². The molecule has 1 aromatic carbocycles. The van der Waals surface area contributed by atoms with Gasteiger partial charge in [-0.1, -0.05) is 12.1 Å². The fraction of sp³-hybridized carbons (Fsp3) is 0.500. The van der Waals surface area contributed by atoms with Gasteiger partial charge in [0, 0.05) is 52.3 Å². The number of rotatable bonds is 7. The summed E-state index contributed by atoms with van der Waals surface area (Å²) in [4.78, 5) is 43.7. The minimum Gasteiger partial charge on any atom is -0.379 e. The van der Waals surface area contributed by atoms with Crippen LogP contribution in [0, 0.1) is 5.92 Å². The van der Waals surface area contributed by atoms with Crippen LogP contribution >= 0.6 is 0 Å². The Balaban J connectivity index is 1.26. The summed E-state index contributed by atoms with van der Waals surface area (Å²) in [5.41, 5.74) is 0.992. The lowest BCUT2D eigenvalue weighted by atomic mass is 10.0. The second-order valence-electron chi connectivity index (χ2n) is 10.3. The normalized spacial score (nSPS) is 20.7. The number of ether oxygens (including phenoxy) is 1. The molecule has 5 heterocycles. The van der Waals surface area contributed by atoms with Crippen LogP contribution in [0.5, 0.6) is 0 Å². The molecule has 11 nitrogen and oxygen atoms in total. The van der Waals surface area contributed by atoms with Crippen LogP contribution in [0.15, 0.2) is 30.3 Å². The number of hydrogen-bond donors (Lipinski definition) is 1. The molecule has 3 saturated heterocycles. The summed E-state index contributed by atoms with van der Waals surface area (Å²) in [6.45, 7) is 4.51. The van der Waals surface area contributed by atoms with Crippen molar-refractivity contribution in [1.82, 2.24) is 34.2 Å². The van der Waals surface area contributed by atoms with Gasteiger partial charge >= 0.3 is 0 Å². The Hall–Kier alpha value is -3.71. The summed E-state index contributed by atoms with van der Waals surface area (Å²) in [7, 11) is 1.71. The van der Waals surface area contributed by atoms with Gasteiger partial charge in [0.15, 0.2) is 5.82 Å². The number of nitrogens with one attached hydrogen (secondary N) is 1. The van der Waals surface area contributed by atoms with Crippen LogP contribution in [-0.2, 0) is 20.9 Å². The zero-order chi connectivity index (χ0) is 27.1. The first-order valence-electron chi connectivity index (χ1n) is 13.1. The average Bonchev–Trinajstić information content (AvgIpc) is 3.46. The van der Waals surface area contributed by atoms with Crippen LogP contribution in [0.25, 0.3) is 16.9 Å². The zero-order valence-corrected chi connectivity index (χ0v) is 21.6. The van der Waals surface area contributed by atoms with Crippen molar-refractivity contribution in [3.8, 4) is 5.82 Å². The van der Waals surface area contributed by atoms with E-state index in [1.807, 2.05) is 0 Å². The minimum atomic E-state index is -2.79. The maximum atomic E-state index is 14.1. The van der Waals surface area contributed by atoms with Gasteiger partial charge in [0.05, 0.1) is 42.8 Å². The summed E-state index contributed by atoms with van der Waals surface area (Å²) in [6, 6.07) is 8.57. The number of fused-ring (bicyclic) bond motifs is 1. The monoisotopic (exact) mass is 540 g/mol. The predicted octanol–water partition coefficient (Wildman–Crippen LogP) is 1.69. The van der Waals surface area contributed by atoms with Crippen LogP contribution in [0.2, 0.25) is 0 Å². The molecule has 3 aliphatic rings. The first-order valence-corrected chi connectivity index (χ1v) is 13.1. The molecule has 0 spiro atoms. The number of halogens is 2. The summed E-state index contributed by atoms with van der Waals surface area (Å²) in [5, 5.41) is 3.36. The van der Waals surface area contributed by atoms with Crippen molar-refractivity contribution < 1.29 is 23.1 Å². The third-order valence-corrected chi connectivity index (χ3v) is 7.47. The minimum absolute atomic E-state index is 0.0138. The summed E-state index contributed by atoms with van der Waals surface area (Å²) >= 11 is 0. The van der Waals surface area contributed by atoms with E-state index < -0.39 is 6.43 Å². The number of benzene rings is 1. The molecule has 1 N–H and O–H groups in total. The van der Waals surface area contributed by atoms with E-state index in [-0.39, 0.29) is 36.0 Å². The third-order valence-electron chi connectivity index (χ3n) is 7.47. The van der Waals surface area contributed by atoms with E-state index in [1.165, 1.54) is 4.57 Å². The maximum Gasteiger partial charge on any atom is 0.296 e. The molecule has 3 fully saturated rings. The fourth-order valence-electron chi connectivity index (χ4n) is 5.38. The molecule has 3 aliphatic heterocycles. The van der Waals surface area contributed by atoms with Crippen molar-refractivity contribution in [3.63, 3.8) is 0 Å². The molecule has 1 unspecified atom stereocenters. The van der Waals surface area contributed by atoms with Crippen molar-refractivity contribution >= 4 is 28.7 Å². The molecule has 0 bridgehead atoms. The van der Waals surface area contributed by atoms with Gasteiger partial charge in [-0.25, -0.2) is 23.7 Å². The number of imidazole rings is 1. The quantitative estimate of drug-likeness (QED) is 0.483. The topological polar surface area (TPSA) is 109 Å². The van der Waals surface area contributed by atoms with Gasteiger partial charge in [0.25, 0.3) is 6.43 Å². The molecule has 206 valence electrons. The van der Waals surface area contributed by atoms with Crippen LogP contribution in [0.3, 0.4) is 0 Å². The molecule has 0 aliphatic carbocycles. The van der Waals surface area contributed by atoms with Crippen LogP contribution in [0.4, 0.5) is 14.6 Å². The summed E-state index contributed by atoms with van der Waals surface area (Å²) in [5.74, 6) is 0.572. The Labute approximate surface area is 223 Å². The molecular formula is C26H30F2N8O3. The molecular weight excluding hydrogens is 510 g/mol. The number of hydrogen-bond acceptors (Lipinski definition) is 8. The van der Waals surface area contributed by atoms with Crippen molar-refractivity contribution in [1.29, 1.82) is 0 Å². The molecule has 3 aromatic rings. The summed E-state index contributed by atoms with van der Waals surface area (Å²) < 4.78 is 35.0. The zero-order valence-electron chi connectivity index (χ0n) is 21.6. The standard InChI is InChI=1S/C26H30F2N8O3/c1-33-12-16(10-23(33)37)26(38)35-13-17(14-35)29-20-11-22(32-21(31-20)15-34-6-8-39-9-7-34)36-19-5-3-2-4-18(19)30-25(36)24(27)28/h2-5,11,16-17,24H,6-10,12-15H2,1H3,(H,29,31,32). The number of likely N-dealkylation sites (tertiary alicyclic amines) is 2. The smallest absolute Gasteiger partial charge is 0.296 e. The lowest BCUT2D eigenvalue weighted by molar-refractivity contribution is -0.139. The molecule has 39 heavy (non-hydrogen) atoms. The number of para-hydroxylation sites is 2. The van der Waals surface area contributed by atoms with Gasteiger partial charge < -0.3 is 19.9 Å². The predicted molar refractivity (Wildman–Crippen MR) is 137 cm³/mol. The molecule has 6 rings (SSSR count). The van der Waals surface area contributed by atoms with E-state index in [9.17, 15) is 18.4 Å². The second-order valence-corrected chi connectivity index (χ2v) is 10.3. The highest BCUT2D eigenvalue weighted by atomic mass is 19.3. The SMILES string of the molecule is CN1CC(C(=O)N2CC(Nc3cc(-n4c(C(F)F)nc5ccccc54)nc(CN4CCOCC4)n3)C2)CC1=O. The number of anilines is 1. The van der Waals surface area contributed by atoms with Crippen molar-refractivity contribution in [2.45, 2.75) is 25.4 Å². The second kappa shape index (κ2) is 10.5. The van der Waals surface area contributed by atoms with Crippen molar-refractivity contribution in [3.05, 3.63) is 42.0 Å². The maximum absolute atomic E-state index is 14.1. The molecule has 2 amide bonds. The highest BCUT2D eigenvalue weighted by Crippen LogP contribution is 2.29. The molecule has 1 atom stereocenters. The molecule has 2 aromatic heterocycles. The molecule has 0 saturated carbocycles. The van der Waals surface area contributed by atoms with Gasteiger partial charge in [-0.15, -0.1) is 0 Å². The largest absolute Gasteiger partial charge is 0.379 e. The van der Waals surface area contributed by atoms with Crippen LogP contribution in [0.1, 0.15) is 24.5 Å². The number of amides is 2. The Morgan fingerprint density at radius 3 is 2.62 bits per heavy atom. The highest BCUT2D eigenvalue weighted by molar-refractivity contribution is 5.89. The first kappa shape index (κ1) is 25.6. The lowest BCUT2D eigenvalue weighted by Crippen LogP contribution is -2.58. The number of carbonyl (C=O) groups is 2. The molecule has 0 radical (unpaired) electrons. The fourth-order valence-corrected chi connectivity index (χ4v) is 5.38. The highest BCUT2D eigenvalue weighted by Gasteiger charge is 2.39. The van der Waals surface area contributed by atoms with E-state index in [0.29, 0.717) is 67.9 Å². The van der Waals surface area contributed by atoms with Gasteiger partial charge in [-0.3, -0.25) is 19.1 Å². The number of carbonyl (C=O) groups excluding carboxylic acids is 2. The van der Waals surface area contributed by atoms with Gasteiger partial charge in [-0.05, 0) is 12.1 Å². The first-order chi connectivity index (χ1) is 18.9. The Morgan fingerprint density at radius 2 is 1.90 bits per heavy atom. The Morgan fingerprint density at radius 1 is 1.13 bits per heavy atom. The van der Waals surface area contributed by atoms with Gasteiger partial charge in [0.2, 0.25) is 11.8 Å². The number of morpholine rings is 1. The third kappa shape index (κ3) is 5.15. The van der Waals surface area contributed by atoms with E-state index in [0.717, 1.165) is 13.1 Å². The number of aromatic nitrogens is 4. The molecule has 13 heteroatoms. The summed E-state index contributed by atoms with van der Waals surface area (Å²) in [6.07, 6.45) is -2.55.